The summed E-state index contributed by atoms with van der Waals surface area (Å²) in [4.78, 5) is 11.1. The largest absolute Gasteiger partial charge is 0.522 e. The molecule has 0 fully saturated rings. The molecule has 0 amide bonds. The fraction of sp³-hybridized carbons (Fsp3) is 0.250. The van der Waals surface area contributed by atoms with Crippen molar-refractivity contribution in [2.24, 2.45) is 0 Å². The molecule has 102 valence electrons. The van der Waals surface area contributed by atoms with Crippen molar-refractivity contribution >= 4 is 16.9 Å². The van der Waals surface area contributed by atoms with Gasteiger partial charge >= 0.3 is 12.3 Å². The van der Waals surface area contributed by atoms with Gasteiger partial charge in [0, 0.05) is 17.4 Å². The number of para-hydroxylation sites is 1. The number of hydrogen-bond acceptors (Lipinski definition) is 2. The maximum absolute atomic E-state index is 11.9. The third-order valence-electron chi connectivity index (χ3n) is 2.61. The molecule has 0 spiro atoms. The number of aromatic nitrogens is 1. The number of nitrogens with zero attached hydrogens (tertiary/aromatic N) is 1. The maximum atomic E-state index is 11.9. The van der Waals surface area contributed by atoms with Crippen LogP contribution in [0.15, 0.2) is 30.3 Å². The van der Waals surface area contributed by atoms with Gasteiger partial charge in [-0.1, -0.05) is 18.2 Å². The van der Waals surface area contributed by atoms with Crippen LogP contribution in [0.25, 0.3) is 10.9 Å². The lowest BCUT2D eigenvalue weighted by molar-refractivity contribution is -0.325. The van der Waals surface area contributed by atoms with Crippen molar-refractivity contribution in [3.63, 3.8) is 0 Å². The number of rotatable bonds is 4. The summed E-state index contributed by atoms with van der Waals surface area (Å²) in [6.07, 6.45) is -4.72. The van der Waals surface area contributed by atoms with Gasteiger partial charge in [0.05, 0.1) is 6.61 Å². The van der Waals surface area contributed by atoms with E-state index in [0.717, 1.165) is 0 Å². The Hall–Kier alpha value is -2.02. The average molecular weight is 273 g/mol. The Balaban J connectivity index is 2.29. The van der Waals surface area contributed by atoms with Gasteiger partial charge in [0.15, 0.2) is 0 Å². The minimum absolute atomic E-state index is 0.0630. The second-order valence-corrected chi connectivity index (χ2v) is 3.84. The molecule has 1 aromatic heterocycles. The predicted octanol–water partition coefficient (Wildman–Crippen LogP) is 2.88. The van der Waals surface area contributed by atoms with E-state index < -0.39 is 18.9 Å². The van der Waals surface area contributed by atoms with Crippen LogP contribution in [0.3, 0.4) is 0 Å². The first-order valence-corrected chi connectivity index (χ1v) is 5.41. The van der Waals surface area contributed by atoms with Crippen molar-refractivity contribution < 1.29 is 27.8 Å². The predicted molar refractivity (Wildman–Crippen MR) is 60.9 cm³/mol. The lowest BCUT2D eigenvalue weighted by atomic mass is 10.2. The summed E-state index contributed by atoms with van der Waals surface area (Å²) in [6, 6.07) is 8.18. The number of aromatic carboxylic acids is 1. The molecule has 1 heterocycles. The standard InChI is InChI=1S/C12H10F3NO3/c13-12(14,15)19-6-5-16-9-4-2-1-3-8(9)7-10(16)11(17)18/h1-4,7H,5-6H2,(H,17,18). The highest BCUT2D eigenvalue weighted by atomic mass is 19.4. The molecule has 4 nitrogen and oxygen atoms in total. The monoisotopic (exact) mass is 273 g/mol. The normalized spacial score (nSPS) is 11.9. The average Bonchev–Trinajstić information content (AvgIpc) is 2.67. The molecule has 7 heteroatoms. The maximum Gasteiger partial charge on any atom is 0.522 e. The summed E-state index contributed by atoms with van der Waals surface area (Å²) in [5.41, 5.74) is 0.498. The van der Waals surface area contributed by atoms with Crippen LogP contribution in [0.4, 0.5) is 13.2 Å². The molecule has 0 atom stereocenters. The van der Waals surface area contributed by atoms with Crippen LogP contribution in [0.5, 0.6) is 0 Å². The third kappa shape index (κ3) is 3.05. The summed E-state index contributed by atoms with van der Waals surface area (Å²) < 4.78 is 40.7. The van der Waals surface area contributed by atoms with Crippen LogP contribution in [0.2, 0.25) is 0 Å². The summed E-state index contributed by atoms with van der Waals surface area (Å²) in [5, 5.41) is 9.70. The Morgan fingerprint density at radius 1 is 1.32 bits per heavy atom. The molecule has 2 aromatic rings. The summed E-state index contributed by atoms with van der Waals surface area (Å²) in [7, 11) is 0. The van der Waals surface area contributed by atoms with Gasteiger partial charge in [-0.05, 0) is 12.1 Å². The van der Waals surface area contributed by atoms with Crippen molar-refractivity contribution in [1.82, 2.24) is 4.57 Å². The molecular weight excluding hydrogens is 263 g/mol. The Labute approximate surface area is 106 Å². The van der Waals surface area contributed by atoms with Gasteiger partial charge < -0.3 is 9.67 Å². The summed E-state index contributed by atoms with van der Waals surface area (Å²) >= 11 is 0. The van der Waals surface area contributed by atoms with Crippen molar-refractivity contribution in [1.29, 1.82) is 0 Å². The van der Waals surface area contributed by atoms with Gasteiger partial charge in [-0.15, -0.1) is 13.2 Å². The summed E-state index contributed by atoms with van der Waals surface area (Å²) in [5.74, 6) is -1.19. The van der Waals surface area contributed by atoms with Gasteiger partial charge in [-0.25, -0.2) is 4.79 Å². The molecule has 0 unspecified atom stereocenters. The van der Waals surface area contributed by atoms with Crippen molar-refractivity contribution in [3.8, 4) is 0 Å². The number of benzene rings is 1. The second-order valence-electron chi connectivity index (χ2n) is 3.84. The van der Waals surface area contributed by atoms with E-state index in [4.69, 9.17) is 5.11 Å². The number of hydrogen-bond donors (Lipinski definition) is 1. The molecule has 0 radical (unpaired) electrons. The molecule has 0 saturated heterocycles. The minimum Gasteiger partial charge on any atom is -0.477 e. The van der Waals surface area contributed by atoms with Crippen LogP contribution in [-0.2, 0) is 11.3 Å². The molecule has 1 N–H and O–H groups in total. The lowest BCUT2D eigenvalue weighted by Gasteiger charge is -2.10. The van der Waals surface area contributed by atoms with Crippen LogP contribution in [0.1, 0.15) is 10.5 Å². The molecule has 2 rings (SSSR count). The van der Waals surface area contributed by atoms with Gasteiger partial charge in [0.1, 0.15) is 5.69 Å². The highest BCUT2D eigenvalue weighted by Gasteiger charge is 2.29. The Morgan fingerprint density at radius 3 is 2.63 bits per heavy atom. The van der Waals surface area contributed by atoms with Crippen LogP contribution < -0.4 is 0 Å². The first-order valence-electron chi connectivity index (χ1n) is 5.41. The van der Waals surface area contributed by atoms with Crippen LogP contribution in [-0.4, -0.2) is 28.6 Å². The first-order chi connectivity index (χ1) is 8.88. The minimum atomic E-state index is -4.72. The Bertz CT molecular complexity index is 604. The van der Waals surface area contributed by atoms with Gasteiger partial charge in [0.2, 0.25) is 0 Å². The summed E-state index contributed by atoms with van der Waals surface area (Å²) in [6.45, 7) is -0.822. The molecule has 0 bridgehead atoms. The molecule has 1 aromatic carbocycles. The van der Waals surface area contributed by atoms with E-state index >= 15 is 0 Å². The molecular formula is C12H10F3NO3. The Kier molecular flexibility index (Phi) is 3.48. The zero-order valence-electron chi connectivity index (χ0n) is 9.65. The second kappa shape index (κ2) is 4.93. The zero-order valence-corrected chi connectivity index (χ0v) is 9.65. The lowest BCUT2D eigenvalue weighted by Crippen LogP contribution is -2.19. The first kappa shape index (κ1) is 13.4. The fourth-order valence-electron chi connectivity index (χ4n) is 1.88. The number of halogens is 3. The van der Waals surface area contributed by atoms with E-state index in [1.807, 2.05) is 0 Å². The topological polar surface area (TPSA) is 51.5 Å². The van der Waals surface area contributed by atoms with E-state index in [1.165, 1.54) is 10.6 Å². The van der Waals surface area contributed by atoms with E-state index in [-0.39, 0.29) is 12.2 Å². The number of carbonyl (C=O) groups is 1. The van der Waals surface area contributed by atoms with Crippen LogP contribution >= 0.6 is 0 Å². The molecule has 0 aliphatic carbocycles. The molecule has 0 saturated carbocycles. The molecule has 0 aliphatic heterocycles. The van der Waals surface area contributed by atoms with Gasteiger partial charge in [-0.2, -0.15) is 0 Å². The van der Waals surface area contributed by atoms with E-state index in [0.29, 0.717) is 10.9 Å². The van der Waals surface area contributed by atoms with Crippen molar-refractivity contribution in [2.45, 2.75) is 12.9 Å². The van der Waals surface area contributed by atoms with Gasteiger partial charge in [0.25, 0.3) is 0 Å². The number of alkyl halides is 3. The van der Waals surface area contributed by atoms with Crippen molar-refractivity contribution in [2.75, 3.05) is 6.61 Å². The van der Waals surface area contributed by atoms with Gasteiger partial charge in [-0.3, -0.25) is 4.74 Å². The number of ether oxygens (including phenoxy) is 1. The Morgan fingerprint density at radius 2 is 2.00 bits per heavy atom. The van der Waals surface area contributed by atoms with E-state index in [2.05, 4.69) is 4.74 Å². The number of fused-ring (bicyclic) bond motifs is 1. The SMILES string of the molecule is O=C(O)c1cc2ccccc2n1CCOC(F)(F)F. The molecule has 19 heavy (non-hydrogen) atoms. The quantitative estimate of drug-likeness (QED) is 0.931. The smallest absolute Gasteiger partial charge is 0.477 e. The van der Waals surface area contributed by atoms with E-state index in [1.54, 1.807) is 24.3 Å². The van der Waals surface area contributed by atoms with Crippen LogP contribution in [0, 0.1) is 0 Å². The van der Waals surface area contributed by atoms with Crippen molar-refractivity contribution in [3.05, 3.63) is 36.0 Å². The number of carboxylic acid groups (broad SMARTS) is 1. The highest BCUT2D eigenvalue weighted by Crippen LogP contribution is 2.21. The van der Waals surface area contributed by atoms with E-state index in [9.17, 15) is 18.0 Å². The fourth-order valence-corrected chi connectivity index (χ4v) is 1.88. The third-order valence-corrected chi connectivity index (χ3v) is 2.61. The zero-order chi connectivity index (χ0) is 14.0. The molecule has 0 aliphatic rings. The number of carboxylic acids is 1. The highest BCUT2D eigenvalue weighted by molar-refractivity contribution is 5.94.